The van der Waals surface area contributed by atoms with E-state index in [4.69, 9.17) is 11.6 Å². The molecule has 3 nitrogen and oxygen atoms in total. The maximum absolute atomic E-state index is 13.6. The van der Waals surface area contributed by atoms with E-state index in [9.17, 15) is 21.6 Å². The minimum absolute atomic E-state index is 0.154. The van der Waals surface area contributed by atoms with Gasteiger partial charge in [0.05, 0.1) is 10.1 Å². The van der Waals surface area contributed by atoms with E-state index in [1.165, 1.54) is 24.3 Å². The summed E-state index contributed by atoms with van der Waals surface area (Å²) in [5.74, 6) is 0. The molecule has 27 heavy (non-hydrogen) atoms. The van der Waals surface area contributed by atoms with E-state index in [0.717, 1.165) is 5.56 Å². The number of hydrogen-bond donors (Lipinski definition) is 2. The molecule has 148 valence electrons. The Morgan fingerprint density at radius 1 is 1.04 bits per heavy atom. The molecule has 2 aromatic carbocycles. The van der Waals surface area contributed by atoms with Gasteiger partial charge in [-0.3, -0.25) is 0 Å². The second kappa shape index (κ2) is 8.03. The number of hydrogen-bond acceptors (Lipinski definition) is 3. The number of halogens is 4. The predicted octanol–water partition coefficient (Wildman–Crippen LogP) is 5.15. The van der Waals surface area contributed by atoms with Crippen LogP contribution in [0.5, 0.6) is 0 Å². The quantitative estimate of drug-likeness (QED) is 0.636. The molecular formula is C18H19ClF3NO2S2. The zero-order chi connectivity index (χ0) is 20.6. The van der Waals surface area contributed by atoms with Crippen LogP contribution in [0.4, 0.5) is 13.2 Å². The smallest absolute Gasteiger partial charge is 0.207 e. The number of nitrogens with one attached hydrogen (secondary N) is 1. The van der Waals surface area contributed by atoms with Crippen molar-refractivity contribution in [1.29, 1.82) is 0 Å². The molecule has 0 heterocycles. The highest BCUT2D eigenvalue weighted by Crippen LogP contribution is 2.36. The van der Waals surface area contributed by atoms with Crippen LogP contribution in [0.2, 0.25) is 5.02 Å². The fourth-order valence-corrected chi connectivity index (χ4v) is 5.31. The lowest BCUT2D eigenvalue weighted by Gasteiger charge is -2.27. The Morgan fingerprint density at radius 3 is 1.96 bits per heavy atom. The lowest BCUT2D eigenvalue weighted by atomic mass is 10.1. The molecule has 2 atom stereocenters. The van der Waals surface area contributed by atoms with E-state index in [2.05, 4.69) is 12.6 Å². The Morgan fingerprint density at radius 2 is 1.52 bits per heavy atom. The molecule has 2 unspecified atom stereocenters. The third-order valence-corrected chi connectivity index (χ3v) is 6.63. The summed E-state index contributed by atoms with van der Waals surface area (Å²) in [6, 6.07) is 6.44. The molecule has 0 aliphatic rings. The first kappa shape index (κ1) is 22.1. The van der Waals surface area contributed by atoms with Gasteiger partial charge in [-0.15, -0.1) is 0 Å². The largest absolute Gasteiger partial charge is 0.406 e. The van der Waals surface area contributed by atoms with Gasteiger partial charge in [0.1, 0.15) is 6.04 Å². The molecule has 0 bridgehead atoms. The Kier molecular flexibility index (Phi) is 6.56. The Bertz CT molecular complexity index is 906. The third-order valence-electron chi connectivity index (χ3n) is 4.04. The van der Waals surface area contributed by atoms with Gasteiger partial charge < -0.3 is 0 Å². The molecule has 9 heteroatoms. The zero-order valence-corrected chi connectivity index (χ0v) is 17.3. The maximum Gasteiger partial charge on any atom is 0.406 e. The summed E-state index contributed by atoms with van der Waals surface area (Å²) >= 11 is 9.81. The number of rotatable bonds is 5. The third kappa shape index (κ3) is 5.19. The van der Waals surface area contributed by atoms with E-state index < -0.39 is 27.5 Å². The van der Waals surface area contributed by atoms with Crippen molar-refractivity contribution in [3.8, 4) is 0 Å². The van der Waals surface area contributed by atoms with Crippen molar-refractivity contribution in [3.05, 3.63) is 63.7 Å². The molecule has 0 saturated heterocycles. The molecule has 0 amide bonds. The molecule has 1 N–H and O–H groups in total. The number of aryl methyl sites for hydroxylation is 3. The Labute approximate surface area is 167 Å². The van der Waals surface area contributed by atoms with Crippen molar-refractivity contribution < 1.29 is 21.6 Å². The van der Waals surface area contributed by atoms with Gasteiger partial charge in [-0.1, -0.05) is 41.4 Å². The van der Waals surface area contributed by atoms with Crippen LogP contribution in [0, 0.1) is 20.8 Å². The zero-order valence-electron chi connectivity index (χ0n) is 14.8. The molecule has 0 spiro atoms. The topological polar surface area (TPSA) is 46.2 Å². The maximum atomic E-state index is 13.6. The Balaban J connectivity index is 2.46. The molecule has 2 aromatic rings. The van der Waals surface area contributed by atoms with E-state index in [0.29, 0.717) is 16.1 Å². The van der Waals surface area contributed by atoms with Crippen LogP contribution in [0.3, 0.4) is 0 Å². The van der Waals surface area contributed by atoms with Gasteiger partial charge in [0.2, 0.25) is 10.0 Å². The van der Waals surface area contributed by atoms with Gasteiger partial charge in [0.15, 0.2) is 0 Å². The van der Waals surface area contributed by atoms with Gasteiger partial charge >= 0.3 is 6.18 Å². The minimum atomic E-state index is -4.84. The van der Waals surface area contributed by atoms with Crippen LogP contribution in [-0.2, 0) is 10.0 Å². The van der Waals surface area contributed by atoms with E-state index in [1.54, 1.807) is 37.6 Å². The number of alkyl halides is 3. The van der Waals surface area contributed by atoms with Crippen LogP contribution in [0.1, 0.15) is 27.5 Å². The molecule has 0 saturated carbocycles. The average Bonchev–Trinajstić information content (AvgIpc) is 2.50. The summed E-state index contributed by atoms with van der Waals surface area (Å²) in [5.41, 5.74) is 1.78. The summed E-state index contributed by atoms with van der Waals surface area (Å²) in [5, 5.41) is -1.09. The van der Waals surface area contributed by atoms with Crippen LogP contribution < -0.4 is 4.72 Å². The second-order valence-corrected chi connectivity index (χ2v) is 9.01. The van der Waals surface area contributed by atoms with Crippen LogP contribution in [0.25, 0.3) is 0 Å². The van der Waals surface area contributed by atoms with Gasteiger partial charge in [0.25, 0.3) is 0 Å². The summed E-state index contributed by atoms with van der Waals surface area (Å²) in [6.07, 6.45) is -4.84. The molecule has 2 rings (SSSR count). The lowest BCUT2D eigenvalue weighted by molar-refractivity contribution is -0.151. The predicted molar refractivity (Wildman–Crippen MR) is 104 cm³/mol. The summed E-state index contributed by atoms with van der Waals surface area (Å²) in [6.45, 7) is 4.88. The first-order valence-electron chi connectivity index (χ1n) is 7.93. The van der Waals surface area contributed by atoms with Crippen molar-refractivity contribution in [2.75, 3.05) is 0 Å². The van der Waals surface area contributed by atoms with Crippen LogP contribution in [0.15, 0.2) is 41.3 Å². The van der Waals surface area contributed by atoms with Crippen LogP contribution in [-0.4, -0.2) is 20.6 Å². The van der Waals surface area contributed by atoms with Crippen molar-refractivity contribution in [2.24, 2.45) is 0 Å². The molecule has 0 aromatic heterocycles. The summed E-state index contributed by atoms with van der Waals surface area (Å²) in [7, 11) is -4.43. The second-order valence-electron chi connectivity index (χ2n) is 6.36. The van der Waals surface area contributed by atoms with E-state index in [1.807, 2.05) is 0 Å². The van der Waals surface area contributed by atoms with Crippen molar-refractivity contribution in [1.82, 2.24) is 4.72 Å². The highest BCUT2D eigenvalue weighted by atomic mass is 35.5. The fraction of sp³-hybridized carbons (Fsp3) is 0.333. The van der Waals surface area contributed by atoms with E-state index >= 15 is 0 Å². The highest BCUT2D eigenvalue weighted by molar-refractivity contribution is 7.89. The van der Waals surface area contributed by atoms with Gasteiger partial charge in [0, 0.05) is 5.02 Å². The average molecular weight is 438 g/mol. The summed E-state index contributed by atoms with van der Waals surface area (Å²) in [4.78, 5) is -0.154. The number of benzene rings is 2. The number of sulfonamides is 1. The molecular weight excluding hydrogens is 419 g/mol. The lowest BCUT2D eigenvalue weighted by Crippen LogP contribution is -2.48. The van der Waals surface area contributed by atoms with Gasteiger partial charge in [-0.2, -0.15) is 30.5 Å². The summed E-state index contributed by atoms with van der Waals surface area (Å²) < 4.78 is 68.3. The van der Waals surface area contributed by atoms with Crippen molar-refractivity contribution in [2.45, 2.75) is 43.1 Å². The van der Waals surface area contributed by atoms with Gasteiger partial charge in [-0.25, -0.2) is 8.42 Å². The molecule has 0 fully saturated rings. The van der Waals surface area contributed by atoms with Crippen molar-refractivity contribution in [3.63, 3.8) is 0 Å². The van der Waals surface area contributed by atoms with Gasteiger partial charge in [-0.05, 0) is 49.6 Å². The standard InChI is InChI=1S/C18H19ClF3NO2S2/c1-10-8-11(2)16(12(3)9-10)27(24,25)23-17(18(20,21)22)15(26)13-4-6-14(19)7-5-13/h4-9,15,17,23,26H,1-3H3. The van der Waals surface area contributed by atoms with E-state index in [-0.39, 0.29) is 10.5 Å². The molecule has 0 aliphatic carbocycles. The van der Waals surface area contributed by atoms with Crippen molar-refractivity contribution >= 4 is 34.3 Å². The normalized spacial score (nSPS) is 14.8. The Hall–Kier alpha value is -1.22. The molecule has 0 radical (unpaired) electrons. The van der Waals surface area contributed by atoms with Crippen LogP contribution >= 0.6 is 24.2 Å². The highest BCUT2D eigenvalue weighted by Gasteiger charge is 2.47. The number of thiol groups is 1. The minimum Gasteiger partial charge on any atom is -0.207 e. The molecule has 0 aliphatic heterocycles. The first-order valence-corrected chi connectivity index (χ1v) is 10.3. The monoisotopic (exact) mass is 437 g/mol. The first-order chi connectivity index (χ1) is 12.3. The fourth-order valence-electron chi connectivity index (χ4n) is 2.98. The SMILES string of the molecule is Cc1cc(C)c(S(=O)(=O)NC(C(S)c2ccc(Cl)cc2)C(F)(F)F)c(C)c1.